The lowest BCUT2D eigenvalue weighted by atomic mass is 10.00. The van der Waals surface area contributed by atoms with Crippen LogP contribution in [0.1, 0.15) is 12.5 Å². The molecule has 5 rings (SSSR count). The van der Waals surface area contributed by atoms with Crippen LogP contribution in [0, 0.1) is 0 Å². The van der Waals surface area contributed by atoms with E-state index in [0.29, 0.717) is 27.2 Å². The molecule has 29 heavy (non-hydrogen) atoms. The Hall–Kier alpha value is -3.60. The Bertz CT molecular complexity index is 1560. The lowest BCUT2D eigenvalue weighted by Gasteiger charge is -2.19. The van der Waals surface area contributed by atoms with Crippen LogP contribution in [0.5, 0.6) is 0 Å². The summed E-state index contributed by atoms with van der Waals surface area (Å²) in [6, 6.07) is 15.2. The minimum Gasteiger partial charge on any atom is -0.375 e. The van der Waals surface area contributed by atoms with Crippen LogP contribution in [0.3, 0.4) is 0 Å². The van der Waals surface area contributed by atoms with E-state index >= 15 is 0 Å². The molecule has 0 unspecified atom stereocenters. The van der Waals surface area contributed by atoms with Gasteiger partial charge in [-0.25, -0.2) is 0 Å². The minimum absolute atomic E-state index is 0.00907. The molecule has 0 bridgehead atoms. The molecule has 0 spiro atoms. The molecule has 0 saturated carbocycles. The lowest BCUT2D eigenvalue weighted by Crippen LogP contribution is -2.17. The smallest absolute Gasteiger partial charge is 0.199 e. The van der Waals surface area contributed by atoms with E-state index in [1.807, 2.05) is 74.4 Å². The summed E-state index contributed by atoms with van der Waals surface area (Å²) in [7, 11) is 3.79. The van der Waals surface area contributed by atoms with E-state index in [1.165, 1.54) is 0 Å². The Kier molecular flexibility index (Phi) is 3.74. The summed E-state index contributed by atoms with van der Waals surface area (Å²) in [5.74, 6) is 0. The fourth-order valence-corrected chi connectivity index (χ4v) is 4.36. The first-order valence-electron chi connectivity index (χ1n) is 9.74. The van der Waals surface area contributed by atoms with Crippen LogP contribution in [-0.2, 0) is 6.42 Å². The van der Waals surface area contributed by atoms with Gasteiger partial charge in [-0.1, -0.05) is 31.2 Å². The molecule has 0 atom stereocenters. The summed E-state index contributed by atoms with van der Waals surface area (Å²) in [6.45, 7) is 2.05. The maximum Gasteiger partial charge on any atom is 0.199 e. The number of aromatic nitrogens is 2. The van der Waals surface area contributed by atoms with E-state index in [1.54, 1.807) is 0 Å². The highest BCUT2D eigenvalue weighted by molar-refractivity contribution is 6.13. The maximum atomic E-state index is 13.5. The highest BCUT2D eigenvalue weighted by Crippen LogP contribution is 2.32. The number of hydrogen-bond donors (Lipinski definition) is 2. The number of nitrogens with one attached hydrogen (secondary N) is 2. The predicted molar refractivity (Wildman–Crippen MR) is 121 cm³/mol. The van der Waals surface area contributed by atoms with Crippen molar-refractivity contribution < 1.29 is 0 Å². The molecule has 0 aliphatic heterocycles. The predicted octanol–water partition coefficient (Wildman–Crippen LogP) is 4.30. The van der Waals surface area contributed by atoms with E-state index in [0.717, 1.165) is 34.1 Å². The Morgan fingerprint density at radius 3 is 2.28 bits per heavy atom. The van der Waals surface area contributed by atoms with Crippen molar-refractivity contribution in [1.82, 2.24) is 9.97 Å². The van der Waals surface area contributed by atoms with Gasteiger partial charge in [0, 0.05) is 30.4 Å². The van der Waals surface area contributed by atoms with E-state index < -0.39 is 0 Å². The molecule has 5 heteroatoms. The third-order valence-corrected chi connectivity index (χ3v) is 5.68. The fraction of sp³-hybridized carbons (Fsp3) is 0.167. The Morgan fingerprint density at radius 2 is 1.52 bits per heavy atom. The zero-order valence-corrected chi connectivity index (χ0v) is 16.6. The summed E-state index contributed by atoms with van der Waals surface area (Å²) in [4.78, 5) is 35.6. The number of H-pyrrole nitrogens is 2. The molecule has 2 heterocycles. The van der Waals surface area contributed by atoms with Crippen molar-refractivity contribution in [2.24, 2.45) is 0 Å². The van der Waals surface area contributed by atoms with Gasteiger partial charge < -0.3 is 14.9 Å². The molecule has 0 radical (unpaired) electrons. The van der Waals surface area contributed by atoms with Crippen LogP contribution in [0.15, 0.2) is 58.1 Å². The summed E-state index contributed by atoms with van der Waals surface area (Å²) in [6.07, 6.45) is 0.779. The van der Waals surface area contributed by atoms with Crippen LogP contribution in [-0.4, -0.2) is 24.1 Å². The van der Waals surface area contributed by atoms with Gasteiger partial charge >= 0.3 is 0 Å². The molecule has 3 aromatic carbocycles. The average Bonchev–Trinajstić information content (AvgIpc) is 2.72. The largest absolute Gasteiger partial charge is 0.375 e. The van der Waals surface area contributed by atoms with E-state index in [9.17, 15) is 9.59 Å². The molecule has 0 amide bonds. The standard InChI is InChI=1S/C24H21N3O2/c1-4-13-8-7-11-17-19(13)24(29)15-12-18-20(22(27(2)3)21(15)26-17)23(28)14-9-5-6-10-16(14)25-18/h5-12H,4H2,1-3H3,(H,25,28)(H,26,29). The number of fused-ring (bicyclic) bond motifs is 4. The van der Waals surface area contributed by atoms with Crippen molar-refractivity contribution in [3.8, 4) is 0 Å². The minimum atomic E-state index is -0.0387. The van der Waals surface area contributed by atoms with Gasteiger partial charge in [-0.2, -0.15) is 0 Å². The van der Waals surface area contributed by atoms with Crippen molar-refractivity contribution in [3.05, 3.63) is 74.5 Å². The van der Waals surface area contributed by atoms with Crippen LogP contribution in [0.2, 0.25) is 0 Å². The topological polar surface area (TPSA) is 69.0 Å². The summed E-state index contributed by atoms with van der Waals surface area (Å²) < 4.78 is 0. The van der Waals surface area contributed by atoms with E-state index in [4.69, 9.17) is 0 Å². The van der Waals surface area contributed by atoms with Gasteiger partial charge in [-0.15, -0.1) is 0 Å². The van der Waals surface area contributed by atoms with Crippen molar-refractivity contribution >= 4 is 49.3 Å². The number of hydrogen-bond acceptors (Lipinski definition) is 3. The third-order valence-electron chi connectivity index (χ3n) is 5.68. The van der Waals surface area contributed by atoms with Crippen LogP contribution in [0.25, 0.3) is 43.6 Å². The molecule has 144 valence electrons. The first-order chi connectivity index (χ1) is 14.0. The Balaban J connectivity index is 2.11. The van der Waals surface area contributed by atoms with Gasteiger partial charge in [-0.3, -0.25) is 9.59 Å². The number of nitrogens with zero attached hydrogens (tertiary/aromatic N) is 1. The highest BCUT2D eigenvalue weighted by Gasteiger charge is 2.19. The second-order valence-corrected chi connectivity index (χ2v) is 7.61. The van der Waals surface area contributed by atoms with Crippen LogP contribution >= 0.6 is 0 Å². The lowest BCUT2D eigenvalue weighted by molar-refractivity contribution is 1.14. The second kappa shape index (κ2) is 6.21. The fourth-order valence-electron chi connectivity index (χ4n) is 4.36. The van der Waals surface area contributed by atoms with Gasteiger partial charge in [0.2, 0.25) is 0 Å². The summed E-state index contributed by atoms with van der Waals surface area (Å²) in [5.41, 5.74) is 4.61. The highest BCUT2D eigenvalue weighted by atomic mass is 16.1. The van der Waals surface area contributed by atoms with Crippen molar-refractivity contribution in [2.75, 3.05) is 19.0 Å². The molecular weight excluding hydrogens is 362 g/mol. The van der Waals surface area contributed by atoms with Gasteiger partial charge in [-0.05, 0) is 36.2 Å². The zero-order valence-electron chi connectivity index (χ0n) is 16.6. The first-order valence-corrected chi connectivity index (χ1v) is 9.74. The van der Waals surface area contributed by atoms with Crippen LogP contribution < -0.4 is 15.8 Å². The Labute approximate surface area is 166 Å². The van der Waals surface area contributed by atoms with Gasteiger partial charge in [0.15, 0.2) is 10.9 Å². The number of pyridine rings is 2. The quantitative estimate of drug-likeness (QED) is 0.447. The normalized spacial score (nSPS) is 11.7. The average molecular weight is 383 g/mol. The number of anilines is 1. The zero-order chi connectivity index (χ0) is 20.3. The molecule has 2 aromatic heterocycles. The monoisotopic (exact) mass is 383 g/mol. The number of aryl methyl sites for hydroxylation is 1. The molecule has 0 aliphatic rings. The van der Waals surface area contributed by atoms with E-state index in [-0.39, 0.29) is 10.9 Å². The van der Waals surface area contributed by atoms with Crippen LogP contribution in [0.4, 0.5) is 5.69 Å². The maximum absolute atomic E-state index is 13.5. The molecule has 0 saturated heterocycles. The molecular formula is C24H21N3O2. The number of aromatic amines is 2. The molecule has 5 aromatic rings. The van der Waals surface area contributed by atoms with Gasteiger partial charge in [0.1, 0.15) is 0 Å². The summed E-state index contributed by atoms with van der Waals surface area (Å²) >= 11 is 0. The van der Waals surface area contributed by atoms with E-state index in [2.05, 4.69) is 9.97 Å². The van der Waals surface area contributed by atoms with Gasteiger partial charge in [0.05, 0.1) is 33.0 Å². The molecule has 5 nitrogen and oxygen atoms in total. The van der Waals surface area contributed by atoms with Crippen molar-refractivity contribution in [1.29, 1.82) is 0 Å². The number of rotatable bonds is 2. The Morgan fingerprint density at radius 1 is 0.793 bits per heavy atom. The number of para-hydroxylation sites is 1. The van der Waals surface area contributed by atoms with Gasteiger partial charge in [0.25, 0.3) is 0 Å². The summed E-state index contributed by atoms with van der Waals surface area (Å²) in [5, 5.41) is 2.52. The third kappa shape index (κ3) is 2.40. The van der Waals surface area contributed by atoms with Crippen molar-refractivity contribution in [3.63, 3.8) is 0 Å². The van der Waals surface area contributed by atoms with Crippen molar-refractivity contribution in [2.45, 2.75) is 13.3 Å². The molecule has 2 N–H and O–H groups in total. The molecule has 0 aliphatic carbocycles. The SMILES string of the molecule is CCc1cccc2[nH]c3c(N(C)C)c4c(=O)c5ccccc5[nH]c4cc3c(=O)c12. The second-order valence-electron chi connectivity index (χ2n) is 7.61. The first kappa shape index (κ1) is 17.5. The molecule has 0 fully saturated rings. The number of benzene rings is 3.